The minimum atomic E-state index is -0.835. The van der Waals surface area contributed by atoms with Crippen LogP contribution >= 0.6 is 11.8 Å². The highest BCUT2D eigenvalue weighted by molar-refractivity contribution is 8.00. The van der Waals surface area contributed by atoms with Crippen molar-refractivity contribution in [1.29, 1.82) is 0 Å². The highest BCUT2D eigenvalue weighted by Gasteiger charge is 2.28. The zero-order chi connectivity index (χ0) is 14.6. The summed E-state index contributed by atoms with van der Waals surface area (Å²) in [6.07, 6.45) is 0.432. The number of carboxylic acid groups (broad SMARTS) is 1. The quantitative estimate of drug-likeness (QED) is 0.830. The summed E-state index contributed by atoms with van der Waals surface area (Å²) >= 11 is 1.89. The smallest absolute Gasteiger partial charge is 0.317 e. The van der Waals surface area contributed by atoms with Crippen LogP contribution in [0.1, 0.15) is 34.1 Å². The van der Waals surface area contributed by atoms with E-state index in [2.05, 4.69) is 19.2 Å². The number of aliphatic carboxylic acids is 1. The lowest BCUT2D eigenvalue weighted by molar-refractivity contribution is -0.147. The Labute approximate surface area is 119 Å². The molecule has 2 atom stereocenters. The van der Waals surface area contributed by atoms with Gasteiger partial charge >= 0.3 is 12.0 Å². The van der Waals surface area contributed by atoms with Gasteiger partial charge in [-0.2, -0.15) is 11.8 Å². The molecule has 1 aliphatic rings. The van der Waals surface area contributed by atoms with Gasteiger partial charge in [-0.25, -0.2) is 4.79 Å². The third-order valence-corrected chi connectivity index (χ3v) is 4.54. The van der Waals surface area contributed by atoms with E-state index in [1.54, 1.807) is 13.8 Å². The molecule has 1 fully saturated rings. The van der Waals surface area contributed by atoms with Crippen LogP contribution in [0.25, 0.3) is 0 Å². The second kappa shape index (κ2) is 6.50. The maximum absolute atomic E-state index is 12.0. The van der Waals surface area contributed by atoms with E-state index in [9.17, 15) is 9.59 Å². The van der Waals surface area contributed by atoms with Gasteiger partial charge in [-0.05, 0) is 20.3 Å². The van der Waals surface area contributed by atoms with Crippen LogP contribution in [-0.2, 0) is 4.79 Å². The number of carboxylic acids is 1. The fourth-order valence-electron chi connectivity index (χ4n) is 2.04. The minimum absolute atomic E-state index is 0.0832. The van der Waals surface area contributed by atoms with Crippen molar-refractivity contribution < 1.29 is 14.7 Å². The van der Waals surface area contributed by atoms with Crippen LogP contribution in [0.4, 0.5) is 4.79 Å². The molecule has 1 heterocycles. The molecule has 0 aliphatic carbocycles. The van der Waals surface area contributed by atoms with Crippen molar-refractivity contribution in [3.8, 4) is 0 Å². The van der Waals surface area contributed by atoms with Crippen LogP contribution in [0.5, 0.6) is 0 Å². The third kappa shape index (κ3) is 4.93. The molecule has 1 rings (SSSR count). The molecule has 0 aromatic heterocycles. The van der Waals surface area contributed by atoms with Crippen LogP contribution in [0.3, 0.4) is 0 Å². The zero-order valence-electron chi connectivity index (χ0n) is 12.1. The van der Waals surface area contributed by atoms with Gasteiger partial charge in [-0.15, -0.1) is 0 Å². The summed E-state index contributed by atoms with van der Waals surface area (Å²) in [4.78, 5) is 24.8. The normalized spacial score (nSPS) is 24.1. The molecule has 19 heavy (non-hydrogen) atoms. The van der Waals surface area contributed by atoms with Crippen LogP contribution in [0, 0.1) is 5.41 Å². The van der Waals surface area contributed by atoms with Gasteiger partial charge in [-0.3, -0.25) is 4.79 Å². The molecule has 110 valence electrons. The number of carbonyl (C=O) groups excluding carboxylic acids is 1. The molecule has 1 aliphatic heterocycles. The van der Waals surface area contributed by atoms with E-state index in [-0.39, 0.29) is 6.03 Å². The van der Waals surface area contributed by atoms with Gasteiger partial charge in [0.1, 0.15) is 0 Å². The molecule has 5 nitrogen and oxygen atoms in total. The van der Waals surface area contributed by atoms with Gasteiger partial charge in [0, 0.05) is 30.1 Å². The Hall–Kier alpha value is -0.910. The van der Waals surface area contributed by atoms with Crippen molar-refractivity contribution in [3.63, 3.8) is 0 Å². The third-order valence-electron chi connectivity index (χ3n) is 3.31. The SMILES string of the molecule is CC1CN(C(=O)NCCC(C)(C)C(=O)O)CC(C)S1. The number of hydrogen-bond donors (Lipinski definition) is 2. The number of urea groups is 1. The van der Waals surface area contributed by atoms with Gasteiger partial charge in [0.2, 0.25) is 0 Å². The second-order valence-corrected chi connectivity index (χ2v) is 7.71. The molecule has 2 N–H and O–H groups in total. The van der Waals surface area contributed by atoms with E-state index in [1.165, 1.54) is 0 Å². The Morgan fingerprint density at radius 3 is 2.32 bits per heavy atom. The first-order valence-corrected chi connectivity index (χ1v) is 7.58. The van der Waals surface area contributed by atoms with Crippen molar-refractivity contribution in [3.05, 3.63) is 0 Å². The van der Waals surface area contributed by atoms with E-state index in [0.29, 0.717) is 23.5 Å². The molecular weight excluding hydrogens is 264 g/mol. The summed E-state index contributed by atoms with van der Waals surface area (Å²) < 4.78 is 0. The Balaban J connectivity index is 2.37. The molecular formula is C13H24N2O3S. The molecule has 0 spiro atoms. The molecule has 2 amide bonds. The Kier molecular flexibility index (Phi) is 5.52. The number of rotatable bonds is 4. The minimum Gasteiger partial charge on any atom is -0.481 e. The summed E-state index contributed by atoms with van der Waals surface area (Å²) in [6.45, 7) is 9.48. The lowest BCUT2D eigenvalue weighted by Crippen LogP contribution is -2.49. The van der Waals surface area contributed by atoms with E-state index < -0.39 is 11.4 Å². The van der Waals surface area contributed by atoms with Gasteiger partial charge in [0.15, 0.2) is 0 Å². The molecule has 0 bridgehead atoms. The van der Waals surface area contributed by atoms with Gasteiger partial charge in [0.25, 0.3) is 0 Å². The van der Waals surface area contributed by atoms with Gasteiger partial charge in [0.05, 0.1) is 5.41 Å². The van der Waals surface area contributed by atoms with E-state index in [0.717, 1.165) is 13.1 Å². The standard InChI is InChI=1S/C13H24N2O3S/c1-9-7-15(8-10(2)19-9)12(18)14-6-5-13(3,4)11(16)17/h9-10H,5-8H2,1-4H3,(H,14,18)(H,16,17). The van der Waals surface area contributed by atoms with Gasteiger partial charge < -0.3 is 15.3 Å². The lowest BCUT2D eigenvalue weighted by Gasteiger charge is -2.34. The largest absolute Gasteiger partial charge is 0.481 e. The van der Waals surface area contributed by atoms with Crippen LogP contribution < -0.4 is 5.32 Å². The van der Waals surface area contributed by atoms with Crippen molar-refractivity contribution in [2.45, 2.75) is 44.6 Å². The summed E-state index contributed by atoms with van der Waals surface area (Å²) in [5.74, 6) is -0.835. The highest BCUT2D eigenvalue weighted by Crippen LogP contribution is 2.24. The monoisotopic (exact) mass is 288 g/mol. The molecule has 0 radical (unpaired) electrons. The van der Waals surface area contributed by atoms with Crippen LogP contribution in [0.15, 0.2) is 0 Å². The summed E-state index contributed by atoms with van der Waals surface area (Å²) in [6, 6.07) is -0.0832. The van der Waals surface area contributed by atoms with E-state index >= 15 is 0 Å². The van der Waals surface area contributed by atoms with E-state index in [4.69, 9.17) is 5.11 Å². The van der Waals surface area contributed by atoms with Crippen LogP contribution in [-0.4, -0.2) is 52.1 Å². The maximum atomic E-state index is 12.0. The maximum Gasteiger partial charge on any atom is 0.317 e. The number of amides is 2. The average molecular weight is 288 g/mol. The first-order valence-electron chi connectivity index (χ1n) is 6.64. The number of nitrogens with one attached hydrogen (secondary N) is 1. The predicted octanol–water partition coefficient (Wildman–Crippen LogP) is 2.02. The fraction of sp³-hybridized carbons (Fsp3) is 0.846. The topological polar surface area (TPSA) is 69.6 Å². The summed E-state index contributed by atoms with van der Waals surface area (Å²) in [5, 5.41) is 12.7. The van der Waals surface area contributed by atoms with Crippen molar-refractivity contribution >= 4 is 23.8 Å². The molecule has 6 heteroatoms. The van der Waals surface area contributed by atoms with Crippen molar-refractivity contribution in [2.75, 3.05) is 19.6 Å². The average Bonchev–Trinajstić information content (AvgIpc) is 2.27. The molecule has 0 aromatic carbocycles. The molecule has 2 unspecified atom stereocenters. The Bertz CT molecular complexity index is 337. The highest BCUT2D eigenvalue weighted by atomic mass is 32.2. The second-order valence-electron chi connectivity index (χ2n) is 5.83. The Morgan fingerprint density at radius 1 is 1.32 bits per heavy atom. The number of nitrogens with zero attached hydrogens (tertiary/aromatic N) is 1. The zero-order valence-corrected chi connectivity index (χ0v) is 12.9. The lowest BCUT2D eigenvalue weighted by atomic mass is 9.90. The number of hydrogen-bond acceptors (Lipinski definition) is 3. The predicted molar refractivity (Wildman–Crippen MR) is 77.5 cm³/mol. The van der Waals surface area contributed by atoms with E-state index in [1.807, 2.05) is 16.7 Å². The van der Waals surface area contributed by atoms with Crippen molar-refractivity contribution in [2.24, 2.45) is 5.41 Å². The van der Waals surface area contributed by atoms with Crippen molar-refractivity contribution in [1.82, 2.24) is 10.2 Å². The number of carbonyl (C=O) groups is 2. The van der Waals surface area contributed by atoms with Gasteiger partial charge in [-0.1, -0.05) is 13.8 Å². The first-order chi connectivity index (χ1) is 8.72. The molecule has 0 saturated carbocycles. The number of thioether (sulfide) groups is 1. The van der Waals surface area contributed by atoms with Crippen LogP contribution in [0.2, 0.25) is 0 Å². The summed E-state index contributed by atoms with van der Waals surface area (Å²) in [7, 11) is 0. The molecule has 1 saturated heterocycles. The molecule has 0 aromatic rings. The Morgan fingerprint density at radius 2 is 1.84 bits per heavy atom. The first kappa shape index (κ1) is 16.1. The fourth-order valence-corrected chi connectivity index (χ4v) is 3.37. The summed E-state index contributed by atoms with van der Waals surface area (Å²) in [5.41, 5.74) is -0.800.